The van der Waals surface area contributed by atoms with E-state index in [1.165, 1.54) is 5.69 Å². The first kappa shape index (κ1) is 76.2. The largest absolute Gasteiger partial charge is 1.00 e. The number of anilines is 5. The molecule has 8 aromatic carbocycles. The molecule has 6 heterocycles. The number of aromatic nitrogens is 8. The number of morpholine rings is 2. The standard InChI is InChI=1S/C20H22N4O.C17H16BrN3O.2C17H17N3O.C4H9NO.CH4.CH3.Na/c1-23(2)20-17-8-3-4-9-18(17)21-19(22-20)15-6-5-7-16(14-15)24-10-12-25-13-11-24;1-21(2)17-12-6-4-5-7-14(12)19-16(20-17)13-10-11(18)8-9-15(13)22-3;2*1-20(2)17-12-8-4-6-10-14(12)18-16(19-17)13-9-5-7-11-15(13)21-3;1-3-6-4-2-5-1;;;/h3-9,14H,10-13H2,1-2H3;4-10H,1-3H3;2*4-11H,1-3H3;5H,1-4H2;1H4;1H3;/q;;;;;;-1;+1. The second kappa shape index (κ2) is 37.0. The van der Waals surface area contributed by atoms with Gasteiger partial charge in [0.05, 0.1) is 86.5 Å². The number of rotatable bonds is 12. The monoisotopic (exact) mass is 1390 g/mol. The van der Waals surface area contributed by atoms with Crippen LogP contribution in [0.15, 0.2) is 193 Å². The van der Waals surface area contributed by atoms with Gasteiger partial charge in [0.2, 0.25) is 0 Å². The van der Waals surface area contributed by atoms with E-state index >= 15 is 0 Å². The Morgan fingerprint density at radius 3 is 1.11 bits per heavy atom. The molecule has 0 spiro atoms. The fourth-order valence-electron chi connectivity index (χ4n) is 10.8. The Balaban J connectivity index is 0.000000177. The van der Waals surface area contributed by atoms with E-state index in [-0.39, 0.29) is 44.4 Å². The molecule has 0 bridgehead atoms. The summed E-state index contributed by atoms with van der Waals surface area (Å²) in [6.07, 6.45) is 0. The number of nitrogens with one attached hydrogen (secondary N) is 1. The van der Waals surface area contributed by atoms with E-state index in [0.29, 0.717) is 17.5 Å². The van der Waals surface area contributed by atoms with Gasteiger partial charge in [-0.05, 0) is 103 Å². The number of halogens is 1. The van der Waals surface area contributed by atoms with Gasteiger partial charge in [0.25, 0.3) is 0 Å². The molecule has 504 valence electrons. The summed E-state index contributed by atoms with van der Waals surface area (Å²) in [4.78, 5) is 48.2. The van der Waals surface area contributed by atoms with E-state index in [0.717, 1.165) is 169 Å². The van der Waals surface area contributed by atoms with Crippen LogP contribution in [0, 0.1) is 7.43 Å². The molecule has 14 rings (SSSR count). The molecule has 0 aliphatic carbocycles. The average molecular weight is 1390 g/mol. The molecule has 19 nitrogen and oxygen atoms in total. The van der Waals surface area contributed by atoms with E-state index in [2.05, 4.69) is 66.4 Å². The Bertz CT molecular complexity index is 4390. The van der Waals surface area contributed by atoms with Crippen molar-refractivity contribution in [3.05, 3.63) is 200 Å². The third-order valence-electron chi connectivity index (χ3n) is 15.5. The number of ether oxygens (including phenoxy) is 5. The molecule has 0 radical (unpaired) electrons. The zero-order valence-corrected chi connectivity index (χ0v) is 61.4. The second-order valence-electron chi connectivity index (χ2n) is 22.9. The van der Waals surface area contributed by atoms with Crippen LogP contribution in [0.4, 0.5) is 29.0 Å². The van der Waals surface area contributed by atoms with Crippen LogP contribution in [-0.2, 0) is 9.47 Å². The van der Waals surface area contributed by atoms with Gasteiger partial charge in [-0.15, -0.1) is 0 Å². The number of para-hydroxylation sites is 6. The molecule has 0 amide bonds. The number of benzene rings is 8. The predicted molar refractivity (Wildman–Crippen MR) is 404 cm³/mol. The Kier molecular flexibility index (Phi) is 28.8. The molecule has 21 heteroatoms. The van der Waals surface area contributed by atoms with Crippen LogP contribution in [-0.4, -0.2) is 170 Å². The number of hydrogen-bond donors (Lipinski definition) is 1. The fourth-order valence-corrected chi connectivity index (χ4v) is 11.1. The molecule has 0 unspecified atom stereocenters. The van der Waals surface area contributed by atoms with E-state index in [1.54, 1.807) is 21.3 Å². The molecule has 4 aromatic heterocycles. The second-order valence-corrected chi connectivity index (χ2v) is 23.8. The molecule has 0 saturated carbocycles. The number of nitrogens with zero attached hydrogens (tertiary/aromatic N) is 13. The summed E-state index contributed by atoms with van der Waals surface area (Å²) in [5.74, 6) is 8.71. The van der Waals surface area contributed by atoms with Gasteiger partial charge in [-0.3, -0.25) is 0 Å². The Morgan fingerprint density at radius 2 is 0.735 bits per heavy atom. The minimum absolute atomic E-state index is 0. The van der Waals surface area contributed by atoms with Gasteiger partial charge < -0.3 is 60.9 Å². The van der Waals surface area contributed by atoms with E-state index < -0.39 is 0 Å². The predicted octanol–water partition coefficient (Wildman–Crippen LogP) is 11.8. The van der Waals surface area contributed by atoms with Gasteiger partial charge in [-0.2, -0.15) is 0 Å². The van der Waals surface area contributed by atoms with E-state index in [4.69, 9.17) is 53.6 Å². The maximum atomic E-state index is 5.45. The van der Waals surface area contributed by atoms with Crippen molar-refractivity contribution in [1.82, 2.24) is 45.2 Å². The van der Waals surface area contributed by atoms with Crippen molar-refractivity contribution in [1.29, 1.82) is 0 Å². The van der Waals surface area contributed by atoms with Crippen molar-refractivity contribution in [2.75, 3.05) is 155 Å². The summed E-state index contributed by atoms with van der Waals surface area (Å²) in [6.45, 7) is 7.24. The molecule has 1 N–H and O–H groups in total. The minimum Gasteiger partial charge on any atom is -0.496 e. The average Bonchev–Trinajstić information content (AvgIpc) is 0.813. The molecule has 0 atom stereocenters. The first-order valence-corrected chi connectivity index (χ1v) is 32.1. The minimum atomic E-state index is 0. The SMILES string of the molecule is C.C1COCCN1.CN(C)c1nc(-c2cccc(N3CCOCC3)c2)nc2ccccc12.COc1ccc(Br)cc1-c1nc(N(C)C)c2ccccc2n1.COc1ccccc1-c1nc(N(C)C)c2ccccc2n1.COc1ccccc1-c1nc(N(C)C)c2ccccc2n1.[CH3-].[Na+]. The van der Waals surface area contributed by atoms with Crippen LogP contribution in [0.1, 0.15) is 7.43 Å². The molecule has 12 aromatic rings. The summed E-state index contributed by atoms with van der Waals surface area (Å²) in [5, 5.41) is 7.35. The van der Waals surface area contributed by atoms with Gasteiger partial charge in [0, 0.05) is 120 Å². The van der Waals surface area contributed by atoms with E-state index in [9.17, 15) is 0 Å². The van der Waals surface area contributed by atoms with Crippen molar-refractivity contribution >= 4 is 88.5 Å². The smallest absolute Gasteiger partial charge is 0.496 e. The topological polar surface area (TPSA) is 178 Å². The first-order valence-electron chi connectivity index (χ1n) is 31.3. The van der Waals surface area contributed by atoms with Gasteiger partial charge >= 0.3 is 29.6 Å². The van der Waals surface area contributed by atoms with Crippen LogP contribution in [0.5, 0.6) is 17.2 Å². The molecule has 2 saturated heterocycles. The Morgan fingerprint density at radius 1 is 0.388 bits per heavy atom. The number of methoxy groups -OCH3 is 3. The molecular formula is C77H88BrN14NaO5. The van der Waals surface area contributed by atoms with Crippen LogP contribution >= 0.6 is 15.9 Å². The van der Waals surface area contributed by atoms with Crippen molar-refractivity contribution in [3.63, 3.8) is 0 Å². The third kappa shape index (κ3) is 19.0. The van der Waals surface area contributed by atoms with Crippen molar-refractivity contribution < 1.29 is 53.2 Å². The zero-order valence-electron chi connectivity index (χ0n) is 57.8. The van der Waals surface area contributed by atoms with Crippen molar-refractivity contribution in [3.8, 4) is 62.8 Å². The van der Waals surface area contributed by atoms with Gasteiger partial charge in [-0.25, -0.2) is 39.9 Å². The Hall–Kier alpha value is -9.12. The maximum Gasteiger partial charge on any atom is 1.00 e. The van der Waals surface area contributed by atoms with Crippen LogP contribution in [0.2, 0.25) is 0 Å². The molecule has 98 heavy (non-hydrogen) atoms. The van der Waals surface area contributed by atoms with Crippen molar-refractivity contribution in [2.24, 2.45) is 0 Å². The van der Waals surface area contributed by atoms with E-state index in [1.807, 2.05) is 234 Å². The van der Waals surface area contributed by atoms with Crippen LogP contribution in [0.3, 0.4) is 0 Å². The van der Waals surface area contributed by atoms with Gasteiger partial charge in [-0.1, -0.05) is 108 Å². The summed E-state index contributed by atoms with van der Waals surface area (Å²) >= 11 is 3.50. The quantitative estimate of drug-likeness (QED) is 0.0901. The van der Waals surface area contributed by atoms with Crippen LogP contribution < -0.4 is 73.6 Å². The van der Waals surface area contributed by atoms with Gasteiger partial charge in [0.1, 0.15) is 40.5 Å². The molecular weight excluding hydrogens is 1300 g/mol. The molecule has 2 aliphatic heterocycles. The summed E-state index contributed by atoms with van der Waals surface area (Å²) < 4.78 is 27.7. The van der Waals surface area contributed by atoms with Crippen LogP contribution in [0.25, 0.3) is 89.2 Å². The summed E-state index contributed by atoms with van der Waals surface area (Å²) in [7, 11) is 20.9. The number of hydrogen-bond acceptors (Lipinski definition) is 19. The summed E-state index contributed by atoms with van der Waals surface area (Å²) in [5.41, 5.74) is 8.63. The summed E-state index contributed by atoms with van der Waals surface area (Å²) in [6, 6.07) is 62.1. The zero-order chi connectivity index (χ0) is 66.8. The Labute approximate surface area is 607 Å². The first-order chi connectivity index (χ1) is 46.2. The normalized spacial score (nSPS) is 12.2. The maximum absolute atomic E-state index is 5.45. The third-order valence-corrected chi connectivity index (χ3v) is 15.9. The molecule has 2 aliphatic rings. The number of fused-ring (bicyclic) bond motifs is 4. The van der Waals surface area contributed by atoms with Gasteiger partial charge in [0.15, 0.2) is 23.3 Å². The fraction of sp³-hybridized carbons (Fsp3) is 0.260. The van der Waals surface area contributed by atoms with Crippen molar-refractivity contribution in [2.45, 2.75) is 7.43 Å². The molecule has 2 fully saturated rings.